The van der Waals surface area contributed by atoms with Crippen molar-refractivity contribution < 1.29 is 5.11 Å². The Balaban J connectivity index is 2.35. The summed E-state index contributed by atoms with van der Waals surface area (Å²) in [6.45, 7) is 2.85. The first kappa shape index (κ1) is 8.57. The van der Waals surface area contributed by atoms with Crippen molar-refractivity contribution in [3.8, 4) is 0 Å². The zero-order valence-corrected chi connectivity index (χ0v) is 7.88. The third-order valence-corrected chi connectivity index (χ3v) is 2.55. The smallest absolute Gasteiger partial charge is 0.0762 e. The lowest BCUT2D eigenvalue weighted by atomic mass is 10.00. The molecule has 70 valence electrons. The maximum atomic E-state index is 9.40. The highest BCUT2D eigenvalue weighted by atomic mass is 16.3. The number of aliphatic hydroxyl groups is 1. The topological polar surface area (TPSA) is 32.3 Å². The van der Waals surface area contributed by atoms with E-state index < -0.39 is 0 Å². The molecular formula is C11H15NO. The molecule has 1 aromatic carbocycles. The van der Waals surface area contributed by atoms with Crippen molar-refractivity contribution in [2.24, 2.45) is 0 Å². The van der Waals surface area contributed by atoms with Crippen LogP contribution in [0.25, 0.3) is 0 Å². The van der Waals surface area contributed by atoms with E-state index >= 15 is 0 Å². The molecule has 2 rings (SSSR count). The molecule has 0 saturated carbocycles. The van der Waals surface area contributed by atoms with Crippen molar-refractivity contribution >= 4 is 5.69 Å². The zero-order valence-electron chi connectivity index (χ0n) is 7.88. The van der Waals surface area contributed by atoms with Crippen LogP contribution in [0.5, 0.6) is 0 Å². The molecule has 2 N–H and O–H groups in total. The van der Waals surface area contributed by atoms with Gasteiger partial charge in [-0.25, -0.2) is 0 Å². The predicted octanol–water partition coefficient (Wildman–Crippen LogP) is 2.10. The van der Waals surface area contributed by atoms with Crippen LogP contribution in [0.2, 0.25) is 0 Å². The second-order valence-corrected chi connectivity index (χ2v) is 3.62. The highest BCUT2D eigenvalue weighted by Crippen LogP contribution is 2.25. The number of rotatable bonds is 1. The predicted molar refractivity (Wildman–Crippen MR) is 53.9 cm³/mol. The molecule has 0 saturated heterocycles. The first-order valence-corrected chi connectivity index (χ1v) is 4.82. The van der Waals surface area contributed by atoms with Crippen LogP contribution < -0.4 is 5.32 Å². The summed E-state index contributed by atoms with van der Waals surface area (Å²) >= 11 is 0. The molecule has 1 aromatic rings. The fourth-order valence-corrected chi connectivity index (χ4v) is 1.74. The number of aliphatic hydroxyl groups excluding tert-OH is 1. The number of hydrogen-bond acceptors (Lipinski definition) is 2. The lowest BCUT2D eigenvalue weighted by Gasteiger charge is -2.19. The summed E-state index contributed by atoms with van der Waals surface area (Å²) in [7, 11) is 0. The van der Waals surface area contributed by atoms with Gasteiger partial charge in [-0.2, -0.15) is 0 Å². The third-order valence-electron chi connectivity index (χ3n) is 2.55. The molecule has 0 radical (unpaired) electrons. The average molecular weight is 177 g/mol. The molecule has 1 atom stereocenters. The summed E-state index contributed by atoms with van der Waals surface area (Å²) in [5, 5.41) is 12.7. The second-order valence-electron chi connectivity index (χ2n) is 3.62. The minimum atomic E-state index is -0.367. The van der Waals surface area contributed by atoms with Gasteiger partial charge in [0.1, 0.15) is 0 Å². The van der Waals surface area contributed by atoms with Crippen molar-refractivity contribution in [1.82, 2.24) is 0 Å². The van der Waals surface area contributed by atoms with E-state index in [1.807, 2.05) is 6.07 Å². The maximum Gasteiger partial charge on any atom is 0.0762 e. The van der Waals surface area contributed by atoms with Crippen LogP contribution in [-0.4, -0.2) is 11.7 Å². The summed E-state index contributed by atoms with van der Waals surface area (Å²) in [6.07, 6.45) is 2.00. The van der Waals surface area contributed by atoms with Crippen molar-refractivity contribution in [2.75, 3.05) is 11.9 Å². The molecule has 0 aromatic heterocycles. The summed E-state index contributed by atoms with van der Waals surface area (Å²) in [6, 6.07) is 6.18. The zero-order chi connectivity index (χ0) is 9.26. The number of benzene rings is 1. The van der Waals surface area contributed by atoms with Gasteiger partial charge >= 0.3 is 0 Å². The Labute approximate surface area is 78.6 Å². The number of nitrogens with one attached hydrogen (secondary N) is 1. The van der Waals surface area contributed by atoms with Crippen LogP contribution in [0, 0.1) is 0 Å². The Hall–Kier alpha value is -1.02. The van der Waals surface area contributed by atoms with E-state index in [1.165, 1.54) is 17.7 Å². The summed E-state index contributed by atoms with van der Waals surface area (Å²) in [5.74, 6) is 0. The fourth-order valence-electron chi connectivity index (χ4n) is 1.74. The normalized spacial score (nSPS) is 17.4. The van der Waals surface area contributed by atoms with Gasteiger partial charge in [0.15, 0.2) is 0 Å². The monoisotopic (exact) mass is 177 g/mol. The van der Waals surface area contributed by atoms with Crippen molar-refractivity contribution in [3.05, 3.63) is 29.3 Å². The SMILES string of the molecule is C[C@@H](O)c1ccc2c(c1)NCCC2. The highest BCUT2D eigenvalue weighted by molar-refractivity contribution is 5.55. The van der Waals surface area contributed by atoms with Crippen LogP contribution >= 0.6 is 0 Å². The van der Waals surface area contributed by atoms with E-state index in [9.17, 15) is 5.11 Å². The highest BCUT2D eigenvalue weighted by Gasteiger charge is 2.09. The molecular weight excluding hydrogens is 162 g/mol. The molecule has 1 aliphatic rings. The largest absolute Gasteiger partial charge is 0.389 e. The molecule has 13 heavy (non-hydrogen) atoms. The number of aryl methyl sites for hydroxylation is 1. The summed E-state index contributed by atoms with van der Waals surface area (Å²) < 4.78 is 0. The van der Waals surface area contributed by atoms with Crippen LogP contribution in [0.4, 0.5) is 5.69 Å². The fraction of sp³-hybridized carbons (Fsp3) is 0.455. The van der Waals surface area contributed by atoms with Crippen molar-refractivity contribution in [1.29, 1.82) is 0 Å². The summed E-state index contributed by atoms with van der Waals surface area (Å²) in [5.41, 5.74) is 3.56. The quantitative estimate of drug-likeness (QED) is 0.688. The maximum absolute atomic E-state index is 9.40. The minimum absolute atomic E-state index is 0.367. The molecule has 0 amide bonds. The molecule has 1 heterocycles. The van der Waals surface area contributed by atoms with Gasteiger partial charge in [-0.3, -0.25) is 0 Å². The van der Waals surface area contributed by atoms with Gasteiger partial charge in [0.25, 0.3) is 0 Å². The Bertz CT molecular complexity index is 307. The molecule has 1 aliphatic heterocycles. The third kappa shape index (κ3) is 1.68. The van der Waals surface area contributed by atoms with Gasteiger partial charge in [0.05, 0.1) is 6.10 Å². The van der Waals surface area contributed by atoms with Crippen molar-refractivity contribution in [2.45, 2.75) is 25.9 Å². The van der Waals surface area contributed by atoms with Gasteiger partial charge in [0.2, 0.25) is 0 Å². The van der Waals surface area contributed by atoms with Gasteiger partial charge in [0, 0.05) is 12.2 Å². The van der Waals surface area contributed by atoms with Gasteiger partial charge < -0.3 is 10.4 Å². The lowest BCUT2D eigenvalue weighted by molar-refractivity contribution is 0.199. The number of hydrogen-bond donors (Lipinski definition) is 2. The van der Waals surface area contributed by atoms with Crippen LogP contribution in [0.15, 0.2) is 18.2 Å². The van der Waals surface area contributed by atoms with Crippen LogP contribution in [-0.2, 0) is 6.42 Å². The van der Waals surface area contributed by atoms with E-state index in [0.717, 1.165) is 18.5 Å². The first-order chi connectivity index (χ1) is 6.27. The van der Waals surface area contributed by atoms with E-state index in [1.54, 1.807) is 6.92 Å². The van der Waals surface area contributed by atoms with Crippen LogP contribution in [0.1, 0.15) is 30.6 Å². The molecule has 0 fully saturated rings. The Morgan fingerprint density at radius 1 is 1.46 bits per heavy atom. The Morgan fingerprint density at radius 3 is 3.08 bits per heavy atom. The minimum Gasteiger partial charge on any atom is -0.389 e. The standard InChI is InChI=1S/C11H15NO/c1-8(13)10-5-4-9-3-2-6-12-11(9)7-10/h4-5,7-8,12-13H,2-3,6H2,1H3/t8-/m1/s1. The van der Waals surface area contributed by atoms with Gasteiger partial charge in [-0.15, -0.1) is 0 Å². The Kier molecular flexibility index (Phi) is 2.23. The summed E-state index contributed by atoms with van der Waals surface area (Å²) in [4.78, 5) is 0. The molecule has 0 unspecified atom stereocenters. The molecule has 2 heteroatoms. The molecule has 0 aliphatic carbocycles. The second kappa shape index (κ2) is 3.38. The van der Waals surface area contributed by atoms with Gasteiger partial charge in [-0.05, 0) is 37.0 Å². The van der Waals surface area contributed by atoms with E-state index in [0.29, 0.717) is 0 Å². The average Bonchev–Trinajstić information content (AvgIpc) is 2.17. The number of fused-ring (bicyclic) bond motifs is 1. The molecule has 0 spiro atoms. The Morgan fingerprint density at radius 2 is 2.31 bits per heavy atom. The van der Waals surface area contributed by atoms with Crippen molar-refractivity contribution in [3.63, 3.8) is 0 Å². The lowest BCUT2D eigenvalue weighted by Crippen LogP contribution is -2.12. The van der Waals surface area contributed by atoms with E-state index in [2.05, 4.69) is 17.4 Å². The van der Waals surface area contributed by atoms with Gasteiger partial charge in [-0.1, -0.05) is 12.1 Å². The van der Waals surface area contributed by atoms with E-state index in [-0.39, 0.29) is 6.10 Å². The molecule has 0 bridgehead atoms. The number of anilines is 1. The molecule has 2 nitrogen and oxygen atoms in total. The van der Waals surface area contributed by atoms with E-state index in [4.69, 9.17) is 0 Å². The first-order valence-electron chi connectivity index (χ1n) is 4.82. The van der Waals surface area contributed by atoms with Crippen LogP contribution in [0.3, 0.4) is 0 Å².